The van der Waals surface area contributed by atoms with Crippen molar-refractivity contribution >= 4 is 75.5 Å². The SMILES string of the molecule is Cc1nc(/C(=N/OC2(C(=O)OC(C)(C)C)COC2)C(=O)C[C@H]2CONC2=O)cs1.Cc1nc(/C(=N/OC2(C(=O)OC(C)(C)C)COC2)C(=O)ON2C(=O)CCC2=O)cs1. The van der Waals surface area contributed by atoms with Crippen molar-refractivity contribution in [3.05, 3.63) is 32.2 Å². The van der Waals surface area contributed by atoms with E-state index < -0.39 is 69.5 Å². The predicted octanol–water partition coefficient (Wildman–Crippen LogP) is 1.81. The molecule has 320 valence electrons. The summed E-state index contributed by atoms with van der Waals surface area (Å²) in [5.41, 5.74) is -2.25. The maximum absolute atomic E-state index is 12.8. The van der Waals surface area contributed by atoms with Crippen LogP contribution >= 0.6 is 22.7 Å². The van der Waals surface area contributed by atoms with E-state index in [1.165, 1.54) is 28.1 Å². The highest BCUT2D eigenvalue weighted by molar-refractivity contribution is 7.10. The van der Waals surface area contributed by atoms with Gasteiger partial charge in [-0.25, -0.2) is 29.8 Å². The van der Waals surface area contributed by atoms with Gasteiger partial charge in [0.15, 0.2) is 11.5 Å². The van der Waals surface area contributed by atoms with Gasteiger partial charge in [0.25, 0.3) is 23.0 Å². The molecule has 4 saturated heterocycles. The maximum Gasteiger partial charge on any atom is 0.387 e. The summed E-state index contributed by atoms with van der Waals surface area (Å²) in [6.45, 7) is 13.6. The first kappa shape index (κ1) is 44.9. The van der Waals surface area contributed by atoms with Crippen molar-refractivity contribution < 1.29 is 71.9 Å². The minimum Gasteiger partial charge on any atom is -0.457 e. The Bertz CT molecular complexity index is 2020. The smallest absolute Gasteiger partial charge is 0.387 e. The molecule has 2 aromatic rings. The molecule has 0 spiro atoms. The number of ether oxygens (including phenoxy) is 4. The molecule has 0 aromatic carbocycles. The molecule has 2 aromatic heterocycles. The van der Waals surface area contributed by atoms with Crippen molar-refractivity contribution in [1.82, 2.24) is 20.5 Å². The van der Waals surface area contributed by atoms with Gasteiger partial charge in [-0.05, 0) is 55.4 Å². The van der Waals surface area contributed by atoms with E-state index in [1.54, 1.807) is 60.8 Å². The Morgan fingerprint density at radius 3 is 1.63 bits per heavy atom. The molecule has 3 amide bonds. The summed E-state index contributed by atoms with van der Waals surface area (Å²) in [6, 6.07) is 0. The highest BCUT2D eigenvalue weighted by Gasteiger charge is 2.54. The Morgan fingerprint density at radius 2 is 1.25 bits per heavy atom. The number of oxime groups is 2. The van der Waals surface area contributed by atoms with E-state index in [-0.39, 0.29) is 69.6 Å². The molecule has 4 aliphatic heterocycles. The molecule has 0 aliphatic carbocycles. The van der Waals surface area contributed by atoms with E-state index in [9.17, 15) is 33.6 Å². The number of nitrogens with one attached hydrogen (secondary N) is 1. The van der Waals surface area contributed by atoms with Gasteiger partial charge in [0.2, 0.25) is 11.6 Å². The molecule has 23 heteroatoms. The Labute approximate surface area is 345 Å². The fourth-order valence-corrected chi connectivity index (χ4v) is 6.20. The molecule has 1 N–H and O–H groups in total. The summed E-state index contributed by atoms with van der Waals surface area (Å²) in [4.78, 5) is 115. The van der Waals surface area contributed by atoms with Gasteiger partial charge in [-0.2, -0.15) is 0 Å². The number of hydroxylamine groups is 3. The van der Waals surface area contributed by atoms with Gasteiger partial charge in [0.05, 0.1) is 22.5 Å². The van der Waals surface area contributed by atoms with Crippen LogP contribution in [0.5, 0.6) is 0 Å². The fourth-order valence-electron chi connectivity index (χ4n) is 5.00. The van der Waals surface area contributed by atoms with Crippen LogP contribution in [0, 0.1) is 19.8 Å². The summed E-state index contributed by atoms with van der Waals surface area (Å²) < 4.78 is 21.0. The van der Waals surface area contributed by atoms with Crippen LogP contribution in [0.3, 0.4) is 0 Å². The first-order valence-electron chi connectivity index (χ1n) is 18.1. The lowest BCUT2D eigenvalue weighted by atomic mass is 10.00. The summed E-state index contributed by atoms with van der Waals surface area (Å²) in [6.07, 6.45) is -0.228. The number of nitrogens with zero attached hydrogens (tertiary/aromatic N) is 5. The average Bonchev–Trinajstić information content (AvgIpc) is 3.89. The number of carbonyl (C=O) groups is 7. The number of aromatic nitrogens is 2. The van der Waals surface area contributed by atoms with Crippen LogP contribution in [0.15, 0.2) is 21.1 Å². The number of esters is 2. The van der Waals surface area contributed by atoms with Crippen LogP contribution < -0.4 is 5.48 Å². The first-order valence-corrected chi connectivity index (χ1v) is 19.9. The van der Waals surface area contributed by atoms with E-state index in [2.05, 4.69) is 25.8 Å². The van der Waals surface area contributed by atoms with E-state index in [0.29, 0.717) is 15.8 Å². The Kier molecular flexibility index (Phi) is 13.6. The number of rotatable bonds is 13. The minimum atomic E-state index is -1.52. The molecule has 0 bridgehead atoms. The highest BCUT2D eigenvalue weighted by Crippen LogP contribution is 2.29. The van der Waals surface area contributed by atoms with Crippen molar-refractivity contribution in [3.63, 3.8) is 0 Å². The second-order valence-corrected chi connectivity index (χ2v) is 17.7. The van der Waals surface area contributed by atoms with E-state index in [4.69, 9.17) is 38.3 Å². The second-order valence-electron chi connectivity index (χ2n) is 15.6. The van der Waals surface area contributed by atoms with Crippen molar-refractivity contribution in [3.8, 4) is 0 Å². The average molecular weight is 865 g/mol. The Hall–Kier alpha value is -5.23. The van der Waals surface area contributed by atoms with Gasteiger partial charge in [0.1, 0.15) is 49.0 Å². The third-order valence-corrected chi connectivity index (χ3v) is 9.67. The molecule has 6 heterocycles. The number of amides is 3. The fraction of sp³-hybridized carbons (Fsp3) is 0.583. The molecule has 0 saturated carbocycles. The Morgan fingerprint density at radius 1 is 0.797 bits per heavy atom. The maximum atomic E-state index is 12.8. The largest absolute Gasteiger partial charge is 0.457 e. The van der Waals surface area contributed by atoms with Gasteiger partial charge < -0.3 is 33.5 Å². The molecule has 0 unspecified atom stereocenters. The van der Waals surface area contributed by atoms with Crippen molar-refractivity contribution in [2.45, 2.75) is 97.1 Å². The number of imide groups is 1. The molecule has 6 rings (SSSR count). The summed E-state index contributed by atoms with van der Waals surface area (Å²) >= 11 is 2.58. The zero-order chi connectivity index (χ0) is 43.3. The third kappa shape index (κ3) is 11.3. The molecule has 0 radical (unpaired) electrons. The zero-order valence-electron chi connectivity index (χ0n) is 33.6. The molecule has 1 atom stereocenters. The van der Waals surface area contributed by atoms with Gasteiger partial charge >= 0.3 is 17.9 Å². The monoisotopic (exact) mass is 864 g/mol. The topological polar surface area (TPSA) is 259 Å². The molecule has 4 fully saturated rings. The number of hydrogen-bond donors (Lipinski definition) is 1. The lowest BCUT2D eigenvalue weighted by Crippen LogP contribution is -2.59. The number of carbonyl (C=O) groups excluding carboxylic acids is 7. The summed E-state index contributed by atoms with van der Waals surface area (Å²) in [5, 5.41) is 12.7. The van der Waals surface area contributed by atoms with Crippen LogP contribution in [0.25, 0.3) is 0 Å². The molecule has 21 nitrogen and oxygen atoms in total. The van der Waals surface area contributed by atoms with Gasteiger partial charge in [-0.1, -0.05) is 10.3 Å². The van der Waals surface area contributed by atoms with E-state index in [0.717, 1.165) is 5.01 Å². The van der Waals surface area contributed by atoms with Crippen LogP contribution in [0.2, 0.25) is 0 Å². The molecular weight excluding hydrogens is 821 g/mol. The van der Waals surface area contributed by atoms with E-state index >= 15 is 0 Å². The first-order chi connectivity index (χ1) is 27.6. The molecular formula is C36H44N6O15S2. The quantitative estimate of drug-likeness (QED) is 0.130. The van der Waals surface area contributed by atoms with Crippen LogP contribution in [-0.4, -0.2) is 123 Å². The minimum absolute atomic E-state index is 0.0398. The zero-order valence-corrected chi connectivity index (χ0v) is 35.2. The molecule has 4 aliphatic rings. The number of thiazole rings is 2. The standard InChI is InChI=1S/C18H21N3O8S.C18H23N3O7S/c1-10-19-11(7-30-10)14(15(24)28-21-12(22)5-6-13(21)23)20-29-18(8-26-9-18)16(25)27-17(2,3)4;1-10-19-12(7-29-10)14(13(22)5-11-6-26-21-15(11)23)20-28-18(8-25-9-18)16(24)27-17(2,3)4/h7H,5-6,8-9H2,1-4H3;7,11H,5-6,8-9H2,1-4H3,(H,21,23)/b2*20-14-/t;11-/m.0/s1. The third-order valence-electron chi connectivity index (χ3n) is 8.13. The molecule has 59 heavy (non-hydrogen) atoms. The van der Waals surface area contributed by atoms with E-state index in [1.807, 2.05) is 0 Å². The second kappa shape index (κ2) is 17.9. The number of Topliss-reactive ketones (excluding diaryl/α,β-unsaturated/α-hetero) is 1. The predicted molar refractivity (Wildman–Crippen MR) is 202 cm³/mol. The summed E-state index contributed by atoms with van der Waals surface area (Å²) in [5.74, 6) is -5.16. The summed E-state index contributed by atoms with van der Waals surface area (Å²) in [7, 11) is 0. The van der Waals surface area contributed by atoms with Gasteiger partial charge in [-0.15, -0.1) is 27.7 Å². The normalized spacial score (nSPS) is 20.0. The lowest BCUT2D eigenvalue weighted by molar-refractivity contribution is -0.236. The number of aryl methyl sites for hydroxylation is 2. The van der Waals surface area contributed by atoms with Crippen LogP contribution in [0.4, 0.5) is 0 Å². The van der Waals surface area contributed by atoms with Gasteiger partial charge in [-0.3, -0.25) is 24.0 Å². The number of ketones is 1. The van der Waals surface area contributed by atoms with Crippen molar-refractivity contribution in [2.75, 3.05) is 33.0 Å². The highest BCUT2D eigenvalue weighted by atomic mass is 32.1. The van der Waals surface area contributed by atoms with Gasteiger partial charge in [0, 0.05) is 30.0 Å². The Balaban J connectivity index is 0.000000224. The van der Waals surface area contributed by atoms with Crippen LogP contribution in [0.1, 0.15) is 82.2 Å². The van der Waals surface area contributed by atoms with Crippen molar-refractivity contribution in [1.29, 1.82) is 0 Å². The van der Waals surface area contributed by atoms with Crippen molar-refractivity contribution in [2.24, 2.45) is 16.2 Å². The van der Waals surface area contributed by atoms with Crippen LogP contribution in [-0.2, 0) is 71.9 Å². The lowest BCUT2D eigenvalue weighted by Gasteiger charge is -2.37. The number of hydrogen-bond acceptors (Lipinski definition) is 21.